The van der Waals surface area contributed by atoms with Crippen LogP contribution in [0.1, 0.15) is 37.6 Å². The van der Waals surface area contributed by atoms with E-state index in [4.69, 9.17) is 5.73 Å². The number of anilines is 1. The van der Waals surface area contributed by atoms with E-state index in [-0.39, 0.29) is 17.6 Å². The molecule has 4 heteroatoms. The zero-order valence-electron chi connectivity index (χ0n) is 11.4. The lowest BCUT2D eigenvalue weighted by Gasteiger charge is -2.26. The Morgan fingerprint density at radius 3 is 2.44 bits per heavy atom. The lowest BCUT2D eigenvalue weighted by molar-refractivity contribution is 0.0728. The normalized spacial score (nSPS) is 12.6. The van der Waals surface area contributed by atoms with Crippen LogP contribution < -0.4 is 5.73 Å². The van der Waals surface area contributed by atoms with Crippen molar-refractivity contribution in [2.24, 2.45) is 5.92 Å². The number of nitrogens with two attached hydrogens (primary N) is 1. The largest absolute Gasteiger partial charge is 0.399 e. The second kappa shape index (κ2) is 5.85. The van der Waals surface area contributed by atoms with E-state index in [1.54, 1.807) is 11.9 Å². The zero-order chi connectivity index (χ0) is 13.9. The fourth-order valence-electron chi connectivity index (χ4n) is 1.98. The maximum absolute atomic E-state index is 13.2. The Bertz CT molecular complexity index is 412. The third-order valence-electron chi connectivity index (χ3n) is 2.96. The van der Waals surface area contributed by atoms with Gasteiger partial charge in [0.2, 0.25) is 0 Å². The Labute approximate surface area is 108 Å². The number of nitrogen functional groups attached to an aromatic ring is 1. The van der Waals surface area contributed by atoms with Gasteiger partial charge in [0, 0.05) is 24.3 Å². The first-order chi connectivity index (χ1) is 8.31. The number of amides is 1. The first-order valence-electron chi connectivity index (χ1n) is 6.14. The molecule has 100 valence electrons. The smallest absolute Gasteiger partial charge is 0.254 e. The Kier molecular flexibility index (Phi) is 4.70. The van der Waals surface area contributed by atoms with Crippen molar-refractivity contribution in [1.82, 2.24) is 4.90 Å². The topological polar surface area (TPSA) is 46.3 Å². The third kappa shape index (κ3) is 3.72. The number of carbonyl (C=O) groups is 1. The van der Waals surface area contributed by atoms with Gasteiger partial charge < -0.3 is 10.6 Å². The minimum Gasteiger partial charge on any atom is -0.399 e. The molecule has 0 spiro atoms. The van der Waals surface area contributed by atoms with Gasteiger partial charge in [0.25, 0.3) is 5.91 Å². The number of hydrogen-bond acceptors (Lipinski definition) is 2. The molecule has 0 aliphatic heterocycles. The first-order valence-corrected chi connectivity index (χ1v) is 6.14. The number of rotatable bonds is 4. The fourth-order valence-corrected chi connectivity index (χ4v) is 1.98. The molecular weight excluding hydrogens is 231 g/mol. The van der Waals surface area contributed by atoms with Gasteiger partial charge in [-0.2, -0.15) is 0 Å². The third-order valence-corrected chi connectivity index (χ3v) is 2.96. The zero-order valence-corrected chi connectivity index (χ0v) is 11.4. The van der Waals surface area contributed by atoms with E-state index in [1.807, 2.05) is 6.92 Å². The molecule has 0 bridgehead atoms. The summed E-state index contributed by atoms with van der Waals surface area (Å²) >= 11 is 0. The molecule has 1 atom stereocenters. The predicted octanol–water partition coefficient (Wildman–Crippen LogP) is 2.91. The van der Waals surface area contributed by atoms with Gasteiger partial charge in [-0.05, 0) is 37.5 Å². The van der Waals surface area contributed by atoms with Crippen molar-refractivity contribution in [3.8, 4) is 0 Å². The van der Waals surface area contributed by atoms with Gasteiger partial charge >= 0.3 is 0 Å². The Balaban J connectivity index is 2.86. The molecule has 0 aromatic heterocycles. The minimum absolute atomic E-state index is 0.113. The van der Waals surface area contributed by atoms with E-state index in [2.05, 4.69) is 13.8 Å². The number of hydrogen-bond donors (Lipinski definition) is 1. The predicted molar refractivity (Wildman–Crippen MR) is 71.8 cm³/mol. The summed E-state index contributed by atoms with van der Waals surface area (Å²) in [4.78, 5) is 13.8. The Morgan fingerprint density at radius 2 is 1.94 bits per heavy atom. The first kappa shape index (κ1) is 14.5. The molecule has 1 aromatic carbocycles. The molecule has 0 saturated carbocycles. The lowest BCUT2D eigenvalue weighted by Crippen LogP contribution is -2.36. The maximum atomic E-state index is 13.2. The SMILES string of the molecule is CC(C)CC(C)N(C)C(=O)c1cc(N)cc(F)c1. The molecule has 3 nitrogen and oxygen atoms in total. The molecule has 0 aliphatic rings. The lowest BCUT2D eigenvalue weighted by atomic mass is 10.0. The molecule has 1 aromatic rings. The summed E-state index contributed by atoms with van der Waals surface area (Å²) in [6.07, 6.45) is 0.910. The monoisotopic (exact) mass is 252 g/mol. The molecule has 0 heterocycles. The van der Waals surface area contributed by atoms with E-state index in [0.29, 0.717) is 11.5 Å². The van der Waals surface area contributed by atoms with Crippen molar-refractivity contribution < 1.29 is 9.18 Å². The molecule has 1 rings (SSSR count). The van der Waals surface area contributed by atoms with Crippen molar-refractivity contribution in [2.45, 2.75) is 33.2 Å². The second-order valence-electron chi connectivity index (χ2n) is 5.17. The van der Waals surface area contributed by atoms with Gasteiger partial charge in [-0.1, -0.05) is 13.8 Å². The molecule has 0 aliphatic carbocycles. The van der Waals surface area contributed by atoms with Gasteiger partial charge in [-0.15, -0.1) is 0 Å². The highest BCUT2D eigenvalue weighted by Gasteiger charge is 2.19. The van der Waals surface area contributed by atoms with Crippen molar-refractivity contribution >= 4 is 11.6 Å². The summed E-state index contributed by atoms with van der Waals surface area (Å²) in [6, 6.07) is 4.04. The van der Waals surface area contributed by atoms with Crippen molar-refractivity contribution in [3.63, 3.8) is 0 Å². The molecular formula is C14H21FN2O. The summed E-state index contributed by atoms with van der Waals surface area (Å²) in [5, 5.41) is 0. The van der Waals surface area contributed by atoms with Crippen LogP contribution in [0.2, 0.25) is 0 Å². The number of carbonyl (C=O) groups excluding carboxylic acids is 1. The van der Waals surface area contributed by atoms with E-state index >= 15 is 0 Å². The van der Waals surface area contributed by atoms with Crippen LogP contribution in [0, 0.1) is 11.7 Å². The number of nitrogens with zero attached hydrogens (tertiary/aromatic N) is 1. The van der Waals surface area contributed by atoms with Crippen LogP contribution in [-0.2, 0) is 0 Å². The molecule has 1 amide bonds. The molecule has 2 N–H and O–H groups in total. The van der Waals surface area contributed by atoms with Crippen LogP contribution in [0.25, 0.3) is 0 Å². The van der Waals surface area contributed by atoms with Crippen LogP contribution in [0.5, 0.6) is 0 Å². The highest BCUT2D eigenvalue weighted by atomic mass is 19.1. The highest BCUT2D eigenvalue weighted by molar-refractivity contribution is 5.95. The molecule has 0 saturated heterocycles. The quantitative estimate of drug-likeness (QED) is 0.837. The Morgan fingerprint density at radius 1 is 1.33 bits per heavy atom. The van der Waals surface area contributed by atoms with Gasteiger partial charge in [0.15, 0.2) is 0 Å². The van der Waals surface area contributed by atoms with Crippen LogP contribution in [0.15, 0.2) is 18.2 Å². The van der Waals surface area contributed by atoms with Gasteiger partial charge in [-0.3, -0.25) is 4.79 Å². The van der Waals surface area contributed by atoms with Crippen molar-refractivity contribution in [3.05, 3.63) is 29.6 Å². The van der Waals surface area contributed by atoms with Gasteiger partial charge in [0.05, 0.1) is 0 Å². The van der Waals surface area contributed by atoms with E-state index in [9.17, 15) is 9.18 Å². The summed E-state index contributed by atoms with van der Waals surface area (Å²) in [6.45, 7) is 6.20. The van der Waals surface area contributed by atoms with Gasteiger partial charge in [0.1, 0.15) is 5.82 Å². The second-order valence-corrected chi connectivity index (χ2v) is 5.17. The number of halogens is 1. The maximum Gasteiger partial charge on any atom is 0.254 e. The van der Waals surface area contributed by atoms with Gasteiger partial charge in [-0.25, -0.2) is 4.39 Å². The van der Waals surface area contributed by atoms with E-state index < -0.39 is 5.82 Å². The Hall–Kier alpha value is -1.58. The minimum atomic E-state index is -0.483. The van der Waals surface area contributed by atoms with Crippen LogP contribution in [-0.4, -0.2) is 23.9 Å². The standard InChI is InChI=1S/C14H21FN2O/c1-9(2)5-10(3)17(4)14(18)11-6-12(15)8-13(16)7-11/h6-10H,5,16H2,1-4H3. The van der Waals surface area contributed by atoms with E-state index in [0.717, 1.165) is 6.42 Å². The fraction of sp³-hybridized carbons (Fsp3) is 0.500. The average molecular weight is 252 g/mol. The van der Waals surface area contributed by atoms with Crippen molar-refractivity contribution in [1.29, 1.82) is 0 Å². The number of benzene rings is 1. The molecule has 0 radical (unpaired) electrons. The summed E-state index contributed by atoms with van der Waals surface area (Å²) < 4.78 is 13.2. The summed E-state index contributed by atoms with van der Waals surface area (Å²) in [7, 11) is 1.73. The van der Waals surface area contributed by atoms with Crippen LogP contribution in [0.3, 0.4) is 0 Å². The highest BCUT2D eigenvalue weighted by Crippen LogP contribution is 2.16. The van der Waals surface area contributed by atoms with E-state index in [1.165, 1.54) is 18.2 Å². The van der Waals surface area contributed by atoms with Crippen LogP contribution >= 0.6 is 0 Å². The molecule has 0 fully saturated rings. The summed E-state index contributed by atoms with van der Waals surface area (Å²) in [5.74, 6) is -0.176. The van der Waals surface area contributed by atoms with Crippen molar-refractivity contribution in [2.75, 3.05) is 12.8 Å². The average Bonchev–Trinajstić information content (AvgIpc) is 2.24. The van der Waals surface area contributed by atoms with Crippen LogP contribution in [0.4, 0.5) is 10.1 Å². The molecule has 18 heavy (non-hydrogen) atoms. The summed E-state index contributed by atoms with van der Waals surface area (Å²) in [5.41, 5.74) is 6.11. The molecule has 1 unspecified atom stereocenters.